The van der Waals surface area contributed by atoms with E-state index in [4.69, 9.17) is 0 Å². The summed E-state index contributed by atoms with van der Waals surface area (Å²) in [6.07, 6.45) is 0.998. The summed E-state index contributed by atoms with van der Waals surface area (Å²) in [7, 11) is 0. The number of hydrogen-bond acceptors (Lipinski definition) is 4. The highest BCUT2D eigenvalue weighted by Crippen LogP contribution is 2.25. The maximum absolute atomic E-state index is 12.1. The van der Waals surface area contributed by atoms with E-state index in [1.54, 1.807) is 6.07 Å². The molecule has 23 heavy (non-hydrogen) atoms. The van der Waals surface area contributed by atoms with Gasteiger partial charge in [-0.15, -0.1) is 0 Å². The number of benzene rings is 1. The molecule has 1 aromatic rings. The Hall–Kier alpha value is -1.75. The summed E-state index contributed by atoms with van der Waals surface area (Å²) < 4.78 is 0. The van der Waals surface area contributed by atoms with Gasteiger partial charge in [0.05, 0.1) is 0 Å². The SMILES string of the molecule is CC.CC.CC1CNCCN1C(=O)CCc1ccc(O)c(O)c1. The van der Waals surface area contributed by atoms with Crippen LogP contribution in [-0.2, 0) is 11.2 Å². The Kier molecular flexibility index (Phi) is 10.9. The van der Waals surface area contributed by atoms with Crippen molar-refractivity contribution in [2.24, 2.45) is 0 Å². The Balaban J connectivity index is 0.00000112. The minimum Gasteiger partial charge on any atom is -0.504 e. The van der Waals surface area contributed by atoms with Gasteiger partial charge in [-0.1, -0.05) is 33.8 Å². The number of nitrogens with zero attached hydrogens (tertiary/aromatic N) is 1. The summed E-state index contributed by atoms with van der Waals surface area (Å²) in [4.78, 5) is 14.0. The number of aryl methyl sites for hydroxylation is 1. The monoisotopic (exact) mass is 324 g/mol. The molecule has 1 unspecified atom stereocenters. The molecule has 2 rings (SSSR count). The zero-order valence-electron chi connectivity index (χ0n) is 15.1. The summed E-state index contributed by atoms with van der Waals surface area (Å²) in [5.74, 6) is -0.132. The van der Waals surface area contributed by atoms with Crippen LogP contribution in [0.3, 0.4) is 0 Å². The predicted molar refractivity (Wildman–Crippen MR) is 94.8 cm³/mol. The van der Waals surface area contributed by atoms with Crippen LogP contribution in [0.15, 0.2) is 18.2 Å². The fraction of sp³-hybridized carbons (Fsp3) is 0.611. The molecule has 0 aromatic heterocycles. The van der Waals surface area contributed by atoms with Gasteiger partial charge in [0.2, 0.25) is 5.91 Å². The van der Waals surface area contributed by atoms with E-state index in [0.29, 0.717) is 12.8 Å². The first-order chi connectivity index (χ1) is 11.1. The molecule has 1 amide bonds. The Morgan fingerprint density at radius 3 is 2.43 bits per heavy atom. The molecule has 1 saturated heterocycles. The number of phenols is 2. The zero-order valence-corrected chi connectivity index (χ0v) is 15.1. The summed E-state index contributed by atoms with van der Waals surface area (Å²) in [5.41, 5.74) is 0.853. The van der Waals surface area contributed by atoms with Gasteiger partial charge >= 0.3 is 0 Å². The van der Waals surface area contributed by atoms with Crippen LogP contribution in [0.5, 0.6) is 11.5 Å². The van der Waals surface area contributed by atoms with Gasteiger partial charge in [0, 0.05) is 32.1 Å². The van der Waals surface area contributed by atoms with E-state index in [9.17, 15) is 15.0 Å². The third-order valence-electron chi connectivity index (χ3n) is 3.49. The third-order valence-corrected chi connectivity index (χ3v) is 3.49. The molecular weight excluding hydrogens is 292 g/mol. The van der Waals surface area contributed by atoms with Gasteiger partial charge in [-0.05, 0) is 31.0 Å². The highest BCUT2D eigenvalue weighted by molar-refractivity contribution is 5.77. The minimum absolute atomic E-state index is 0.134. The maximum Gasteiger partial charge on any atom is 0.223 e. The van der Waals surface area contributed by atoms with E-state index in [2.05, 4.69) is 5.32 Å². The Morgan fingerprint density at radius 1 is 1.22 bits per heavy atom. The van der Waals surface area contributed by atoms with Gasteiger partial charge in [0.1, 0.15) is 0 Å². The molecule has 1 fully saturated rings. The molecule has 5 heteroatoms. The molecule has 132 valence electrons. The van der Waals surface area contributed by atoms with Crippen molar-refractivity contribution in [1.29, 1.82) is 0 Å². The molecule has 1 aromatic carbocycles. The topological polar surface area (TPSA) is 72.8 Å². The quantitative estimate of drug-likeness (QED) is 0.748. The van der Waals surface area contributed by atoms with Crippen LogP contribution >= 0.6 is 0 Å². The van der Waals surface area contributed by atoms with Crippen LogP contribution in [0.2, 0.25) is 0 Å². The van der Waals surface area contributed by atoms with E-state index in [0.717, 1.165) is 25.2 Å². The second-order valence-electron chi connectivity index (χ2n) is 4.96. The van der Waals surface area contributed by atoms with Crippen molar-refractivity contribution in [2.75, 3.05) is 19.6 Å². The average Bonchev–Trinajstić information content (AvgIpc) is 2.59. The summed E-state index contributed by atoms with van der Waals surface area (Å²) in [6, 6.07) is 4.91. The lowest BCUT2D eigenvalue weighted by Crippen LogP contribution is -2.52. The van der Waals surface area contributed by atoms with Crippen molar-refractivity contribution in [3.8, 4) is 11.5 Å². The average molecular weight is 324 g/mol. The van der Waals surface area contributed by atoms with Crippen molar-refractivity contribution in [3.63, 3.8) is 0 Å². The Bertz CT molecular complexity index is 464. The van der Waals surface area contributed by atoms with Crippen LogP contribution in [0, 0.1) is 0 Å². The standard InChI is InChI=1S/C14H20N2O3.2C2H6/c1-10-9-15-6-7-16(10)14(19)5-3-11-2-4-12(17)13(18)8-11;2*1-2/h2,4,8,10,15,17-18H,3,5-7,9H2,1H3;2*1-2H3. The van der Waals surface area contributed by atoms with Gasteiger partial charge in [-0.3, -0.25) is 4.79 Å². The molecule has 0 saturated carbocycles. The second-order valence-corrected chi connectivity index (χ2v) is 4.96. The van der Waals surface area contributed by atoms with E-state index in [1.165, 1.54) is 12.1 Å². The van der Waals surface area contributed by atoms with Crippen LogP contribution < -0.4 is 5.32 Å². The Labute approximate surface area is 140 Å². The fourth-order valence-corrected chi connectivity index (χ4v) is 2.33. The number of hydrogen-bond donors (Lipinski definition) is 3. The molecule has 1 heterocycles. The van der Waals surface area contributed by atoms with Crippen LogP contribution in [0.25, 0.3) is 0 Å². The van der Waals surface area contributed by atoms with Gasteiger partial charge in [0.15, 0.2) is 11.5 Å². The number of phenolic OH excluding ortho intramolecular Hbond substituents is 2. The van der Waals surface area contributed by atoms with Crippen molar-refractivity contribution in [3.05, 3.63) is 23.8 Å². The number of amides is 1. The van der Waals surface area contributed by atoms with E-state index in [-0.39, 0.29) is 23.4 Å². The third kappa shape index (κ3) is 6.91. The van der Waals surface area contributed by atoms with Crippen LogP contribution in [0.4, 0.5) is 0 Å². The van der Waals surface area contributed by atoms with Crippen LogP contribution in [0.1, 0.15) is 46.6 Å². The number of carbonyl (C=O) groups excluding carboxylic acids is 1. The van der Waals surface area contributed by atoms with Crippen molar-refractivity contribution >= 4 is 5.91 Å². The first kappa shape index (κ1) is 21.2. The van der Waals surface area contributed by atoms with Gasteiger partial charge in [0.25, 0.3) is 0 Å². The predicted octanol–water partition coefficient (Wildman–Crippen LogP) is 2.90. The van der Waals surface area contributed by atoms with E-state index in [1.807, 2.05) is 39.5 Å². The van der Waals surface area contributed by atoms with Crippen molar-refractivity contribution in [2.45, 2.75) is 53.5 Å². The summed E-state index contributed by atoms with van der Waals surface area (Å²) in [5, 5.41) is 21.9. The fourth-order valence-electron chi connectivity index (χ4n) is 2.33. The first-order valence-corrected chi connectivity index (χ1v) is 8.59. The van der Waals surface area contributed by atoms with Crippen LogP contribution in [-0.4, -0.2) is 46.7 Å². The molecule has 1 atom stereocenters. The molecular formula is C18H32N2O3. The summed E-state index contributed by atoms with van der Waals surface area (Å²) >= 11 is 0. The lowest BCUT2D eigenvalue weighted by Gasteiger charge is -2.34. The number of piperazine rings is 1. The maximum atomic E-state index is 12.1. The van der Waals surface area contributed by atoms with Crippen molar-refractivity contribution in [1.82, 2.24) is 10.2 Å². The molecule has 0 radical (unpaired) electrons. The van der Waals surface area contributed by atoms with Gasteiger partial charge in [-0.2, -0.15) is 0 Å². The number of rotatable bonds is 3. The summed E-state index contributed by atoms with van der Waals surface area (Å²) in [6.45, 7) is 12.5. The Morgan fingerprint density at radius 2 is 1.87 bits per heavy atom. The normalized spacial score (nSPS) is 16.6. The largest absolute Gasteiger partial charge is 0.504 e. The van der Waals surface area contributed by atoms with Gasteiger partial charge in [-0.25, -0.2) is 0 Å². The number of nitrogens with one attached hydrogen (secondary N) is 1. The molecule has 0 bridgehead atoms. The first-order valence-electron chi connectivity index (χ1n) is 8.59. The number of carbonyl (C=O) groups is 1. The molecule has 1 aliphatic rings. The second kappa shape index (κ2) is 11.8. The molecule has 0 aliphatic carbocycles. The highest BCUT2D eigenvalue weighted by Gasteiger charge is 2.22. The molecule has 1 aliphatic heterocycles. The lowest BCUT2D eigenvalue weighted by molar-refractivity contribution is -0.133. The smallest absolute Gasteiger partial charge is 0.223 e. The van der Waals surface area contributed by atoms with Gasteiger partial charge < -0.3 is 20.4 Å². The van der Waals surface area contributed by atoms with E-state index < -0.39 is 0 Å². The molecule has 5 nitrogen and oxygen atoms in total. The lowest BCUT2D eigenvalue weighted by atomic mass is 10.1. The number of aromatic hydroxyl groups is 2. The highest BCUT2D eigenvalue weighted by atomic mass is 16.3. The molecule has 0 spiro atoms. The zero-order chi connectivity index (χ0) is 17.8. The minimum atomic E-state index is -0.138. The molecule has 3 N–H and O–H groups in total. The van der Waals surface area contributed by atoms with E-state index >= 15 is 0 Å². The van der Waals surface area contributed by atoms with Crippen molar-refractivity contribution < 1.29 is 15.0 Å².